The average molecular weight is 275 g/mol. The fourth-order valence-electron chi connectivity index (χ4n) is 1.77. The summed E-state index contributed by atoms with van der Waals surface area (Å²) in [7, 11) is 0. The smallest absolute Gasteiger partial charge is 0.187 e. The first-order valence-corrected chi connectivity index (χ1v) is 6.89. The van der Waals surface area contributed by atoms with Crippen LogP contribution in [-0.4, -0.2) is 23.2 Å². The van der Waals surface area contributed by atoms with Crippen LogP contribution in [0, 0.1) is 0 Å². The van der Waals surface area contributed by atoms with E-state index in [4.69, 9.17) is 15.2 Å². The minimum Gasteiger partial charge on any atom is -0.486 e. The Morgan fingerprint density at radius 1 is 1.11 bits per heavy atom. The van der Waals surface area contributed by atoms with Gasteiger partial charge in [-0.25, -0.2) is 9.97 Å². The van der Waals surface area contributed by atoms with Crippen molar-refractivity contribution >= 4 is 17.4 Å². The van der Waals surface area contributed by atoms with Crippen LogP contribution in [0.1, 0.15) is 5.56 Å². The number of nitrogens with zero attached hydrogens (tertiary/aromatic N) is 2. The predicted molar refractivity (Wildman–Crippen MR) is 73.4 cm³/mol. The van der Waals surface area contributed by atoms with E-state index in [1.807, 2.05) is 12.1 Å². The van der Waals surface area contributed by atoms with Gasteiger partial charge in [0, 0.05) is 29.9 Å². The largest absolute Gasteiger partial charge is 0.486 e. The van der Waals surface area contributed by atoms with Gasteiger partial charge in [0.2, 0.25) is 0 Å². The zero-order valence-corrected chi connectivity index (χ0v) is 11.0. The van der Waals surface area contributed by atoms with E-state index in [0.717, 1.165) is 16.5 Å². The minimum absolute atomic E-state index is 0.568. The Balaban J connectivity index is 1.77. The van der Waals surface area contributed by atoms with E-state index in [0.29, 0.717) is 30.4 Å². The number of benzene rings is 1. The van der Waals surface area contributed by atoms with E-state index in [9.17, 15) is 0 Å². The van der Waals surface area contributed by atoms with Crippen molar-refractivity contribution in [2.75, 3.05) is 18.9 Å². The zero-order chi connectivity index (χ0) is 13.1. The fourth-order valence-corrected chi connectivity index (χ4v) is 2.58. The van der Waals surface area contributed by atoms with E-state index in [2.05, 4.69) is 9.97 Å². The molecule has 1 aromatic carbocycles. The molecule has 0 bridgehead atoms. The maximum atomic E-state index is 6.02. The third kappa shape index (κ3) is 2.73. The second-order valence-electron chi connectivity index (χ2n) is 4.01. The number of fused-ring (bicyclic) bond motifs is 1. The maximum absolute atomic E-state index is 6.02. The van der Waals surface area contributed by atoms with Crippen LogP contribution in [0.3, 0.4) is 0 Å². The number of aromatic nitrogens is 2. The van der Waals surface area contributed by atoms with Crippen LogP contribution in [0.25, 0.3) is 0 Å². The highest BCUT2D eigenvalue weighted by atomic mass is 32.2. The summed E-state index contributed by atoms with van der Waals surface area (Å²) in [4.78, 5) is 8.33. The van der Waals surface area contributed by atoms with E-state index in [1.54, 1.807) is 18.5 Å². The lowest BCUT2D eigenvalue weighted by Gasteiger charge is -2.20. The van der Waals surface area contributed by atoms with Gasteiger partial charge in [-0.05, 0) is 17.7 Å². The van der Waals surface area contributed by atoms with Crippen LogP contribution in [0.5, 0.6) is 11.5 Å². The summed E-state index contributed by atoms with van der Waals surface area (Å²) in [5.74, 6) is 2.17. The number of nitrogens with two attached hydrogens (primary N) is 1. The standard InChI is InChI=1S/C13H13N3O2S/c14-10-7-12-11(17-4-5-18-12)6-9(10)8-19-13-15-2-1-3-16-13/h1-3,6-7H,4-5,8,14H2. The fraction of sp³-hybridized carbons (Fsp3) is 0.231. The Morgan fingerprint density at radius 2 is 1.79 bits per heavy atom. The van der Waals surface area contributed by atoms with Gasteiger partial charge in [-0.1, -0.05) is 11.8 Å². The molecule has 98 valence electrons. The van der Waals surface area contributed by atoms with Gasteiger partial charge in [0.15, 0.2) is 16.7 Å². The summed E-state index contributed by atoms with van der Waals surface area (Å²) >= 11 is 1.54. The Kier molecular flexibility index (Phi) is 3.41. The van der Waals surface area contributed by atoms with Gasteiger partial charge in [0.05, 0.1) is 0 Å². The SMILES string of the molecule is Nc1cc2c(cc1CSc1ncccn1)OCCO2. The van der Waals surface area contributed by atoms with Gasteiger partial charge >= 0.3 is 0 Å². The molecule has 0 saturated heterocycles. The summed E-state index contributed by atoms with van der Waals surface area (Å²) < 4.78 is 11.0. The van der Waals surface area contributed by atoms with Crippen molar-refractivity contribution in [3.8, 4) is 11.5 Å². The van der Waals surface area contributed by atoms with Crippen LogP contribution in [0.2, 0.25) is 0 Å². The molecule has 0 saturated carbocycles. The zero-order valence-electron chi connectivity index (χ0n) is 10.2. The lowest BCUT2D eigenvalue weighted by Crippen LogP contribution is -2.15. The molecule has 0 spiro atoms. The first kappa shape index (κ1) is 12.1. The molecule has 1 aliphatic heterocycles. The number of thioether (sulfide) groups is 1. The first-order chi connectivity index (χ1) is 9.33. The second-order valence-corrected chi connectivity index (χ2v) is 4.96. The Bertz CT molecular complexity index is 578. The molecule has 2 aromatic rings. The van der Waals surface area contributed by atoms with Gasteiger partial charge in [-0.3, -0.25) is 0 Å². The molecular formula is C13H13N3O2S. The quantitative estimate of drug-likeness (QED) is 0.525. The number of ether oxygens (including phenoxy) is 2. The van der Waals surface area contributed by atoms with Crippen LogP contribution in [0.4, 0.5) is 5.69 Å². The van der Waals surface area contributed by atoms with Crippen LogP contribution in [0.15, 0.2) is 35.7 Å². The Hall–Kier alpha value is -1.95. The molecule has 19 heavy (non-hydrogen) atoms. The summed E-state index contributed by atoms with van der Waals surface area (Å²) in [6.45, 7) is 1.14. The summed E-state index contributed by atoms with van der Waals surface area (Å²) in [6.07, 6.45) is 3.45. The molecule has 0 fully saturated rings. The predicted octanol–water partition coefficient (Wildman–Crippen LogP) is 2.12. The molecule has 0 unspecified atom stereocenters. The minimum atomic E-state index is 0.568. The molecule has 0 aliphatic carbocycles. The third-order valence-corrected chi connectivity index (χ3v) is 3.63. The molecular weight excluding hydrogens is 262 g/mol. The summed E-state index contributed by atoms with van der Waals surface area (Å²) in [6, 6.07) is 5.54. The molecule has 1 aromatic heterocycles. The third-order valence-electron chi connectivity index (χ3n) is 2.70. The van der Waals surface area contributed by atoms with E-state index in [-0.39, 0.29) is 0 Å². The number of nitrogen functional groups attached to an aromatic ring is 1. The van der Waals surface area contributed by atoms with Crippen molar-refractivity contribution in [3.63, 3.8) is 0 Å². The van der Waals surface area contributed by atoms with Crippen molar-refractivity contribution in [2.45, 2.75) is 10.9 Å². The van der Waals surface area contributed by atoms with Crippen molar-refractivity contribution < 1.29 is 9.47 Å². The Morgan fingerprint density at radius 3 is 2.53 bits per heavy atom. The van der Waals surface area contributed by atoms with Gasteiger partial charge in [-0.2, -0.15) is 0 Å². The van der Waals surface area contributed by atoms with Crippen LogP contribution >= 0.6 is 11.8 Å². The van der Waals surface area contributed by atoms with E-state index < -0.39 is 0 Å². The highest BCUT2D eigenvalue weighted by Gasteiger charge is 2.14. The van der Waals surface area contributed by atoms with Crippen molar-refractivity contribution in [1.82, 2.24) is 9.97 Å². The molecule has 0 amide bonds. The van der Waals surface area contributed by atoms with Crippen LogP contribution in [-0.2, 0) is 5.75 Å². The Labute approximate surface area is 115 Å². The normalized spacial score (nSPS) is 13.3. The number of rotatable bonds is 3. The average Bonchev–Trinajstić information content (AvgIpc) is 2.46. The lowest BCUT2D eigenvalue weighted by atomic mass is 10.2. The van der Waals surface area contributed by atoms with Gasteiger partial charge in [0.25, 0.3) is 0 Å². The number of anilines is 1. The molecule has 2 heterocycles. The van der Waals surface area contributed by atoms with Crippen LogP contribution < -0.4 is 15.2 Å². The van der Waals surface area contributed by atoms with E-state index >= 15 is 0 Å². The maximum Gasteiger partial charge on any atom is 0.187 e. The second kappa shape index (κ2) is 5.36. The molecule has 0 radical (unpaired) electrons. The van der Waals surface area contributed by atoms with E-state index in [1.165, 1.54) is 11.8 Å². The van der Waals surface area contributed by atoms with Crippen molar-refractivity contribution in [1.29, 1.82) is 0 Å². The summed E-state index contributed by atoms with van der Waals surface area (Å²) in [5, 5.41) is 0.733. The highest BCUT2D eigenvalue weighted by Crippen LogP contribution is 2.36. The highest BCUT2D eigenvalue weighted by molar-refractivity contribution is 7.98. The topological polar surface area (TPSA) is 70.3 Å². The summed E-state index contributed by atoms with van der Waals surface area (Å²) in [5.41, 5.74) is 7.72. The molecule has 1 aliphatic rings. The van der Waals surface area contributed by atoms with Crippen molar-refractivity contribution in [3.05, 3.63) is 36.2 Å². The van der Waals surface area contributed by atoms with Gasteiger partial charge in [0.1, 0.15) is 13.2 Å². The molecule has 3 rings (SSSR count). The molecule has 6 heteroatoms. The molecule has 2 N–H and O–H groups in total. The number of hydrogen-bond acceptors (Lipinski definition) is 6. The first-order valence-electron chi connectivity index (χ1n) is 5.91. The molecule has 0 atom stereocenters. The monoisotopic (exact) mass is 275 g/mol. The molecule has 5 nitrogen and oxygen atoms in total. The van der Waals surface area contributed by atoms with Gasteiger partial charge < -0.3 is 15.2 Å². The van der Waals surface area contributed by atoms with Gasteiger partial charge in [-0.15, -0.1) is 0 Å². The lowest BCUT2D eigenvalue weighted by molar-refractivity contribution is 0.171. The van der Waals surface area contributed by atoms with Crippen molar-refractivity contribution in [2.24, 2.45) is 0 Å². The number of hydrogen-bond donors (Lipinski definition) is 1.